The van der Waals surface area contributed by atoms with Crippen LogP contribution in [0.1, 0.15) is 57.5 Å². The molecule has 4 rings (SSSR count). The Morgan fingerprint density at radius 1 is 0.542 bits per heavy atom. The number of carbonyl (C=O) groups excluding carboxylic acids is 8. The quantitative estimate of drug-likeness (QED) is 0.183. The Hall–Kier alpha value is -6.12. The predicted molar refractivity (Wildman–Crippen MR) is 191 cm³/mol. The van der Waals surface area contributed by atoms with Crippen molar-refractivity contribution in [3.8, 4) is 5.75 Å². The lowest BCUT2D eigenvalue weighted by Gasteiger charge is -2.45. The number of esters is 8. The fourth-order valence-electron chi connectivity index (χ4n) is 6.10. The summed E-state index contributed by atoms with van der Waals surface area (Å²) in [5, 5.41) is 0. The van der Waals surface area contributed by atoms with Crippen LogP contribution in [-0.4, -0.2) is 123 Å². The minimum atomic E-state index is -1.81. The van der Waals surface area contributed by atoms with Crippen LogP contribution in [0, 0.1) is 0 Å². The Morgan fingerprint density at radius 2 is 1.02 bits per heavy atom. The van der Waals surface area contributed by atoms with Gasteiger partial charge < -0.3 is 56.8 Å². The summed E-state index contributed by atoms with van der Waals surface area (Å²) in [4.78, 5) is 99.6. The van der Waals surface area contributed by atoms with E-state index in [9.17, 15) is 38.4 Å². The summed E-state index contributed by atoms with van der Waals surface area (Å²) >= 11 is 0. The summed E-state index contributed by atoms with van der Waals surface area (Å²) in [6.07, 6.45) is -16.6. The fraction of sp³-hybridized carbons (Fsp3) is 0.487. The van der Waals surface area contributed by atoms with Gasteiger partial charge in [0.25, 0.3) is 0 Å². The molecular weight excluding hydrogens is 788 g/mol. The zero-order valence-electron chi connectivity index (χ0n) is 33.0. The molecule has 0 aliphatic carbocycles. The molecule has 0 aromatic heterocycles. The van der Waals surface area contributed by atoms with Gasteiger partial charge in [-0.25, -0.2) is 9.59 Å². The maximum Gasteiger partial charge on any atom is 0.339 e. The van der Waals surface area contributed by atoms with Crippen LogP contribution in [0.25, 0.3) is 0 Å². The Kier molecular flexibility index (Phi) is 16.3. The van der Waals surface area contributed by atoms with E-state index in [1.165, 1.54) is 24.3 Å². The second kappa shape index (κ2) is 21.0. The topological polar surface area (TPSA) is 247 Å². The van der Waals surface area contributed by atoms with Crippen molar-refractivity contribution in [2.75, 3.05) is 13.7 Å². The first-order valence-electron chi connectivity index (χ1n) is 18.0. The molecule has 2 aliphatic heterocycles. The molecule has 10 atom stereocenters. The van der Waals surface area contributed by atoms with Gasteiger partial charge in [-0.05, 0) is 29.8 Å². The maximum absolute atomic E-state index is 12.9. The van der Waals surface area contributed by atoms with Crippen molar-refractivity contribution in [3.63, 3.8) is 0 Å². The zero-order chi connectivity index (χ0) is 43.4. The minimum Gasteiger partial charge on any atom is -0.467 e. The van der Waals surface area contributed by atoms with E-state index < -0.39 is 116 Å². The van der Waals surface area contributed by atoms with Gasteiger partial charge in [0.2, 0.25) is 12.4 Å². The molecule has 20 nitrogen and oxygen atoms in total. The van der Waals surface area contributed by atoms with Crippen LogP contribution >= 0.6 is 0 Å². The smallest absolute Gasteiger partial charge is 0.339 e. The predicted octanol–water partition coefficient (Wildman–Crippen LogP) is 1.65. The van der Waals surface area contributed by atoms with Gasteiger partial charge >= 0.3 is 47.8 Å². The largest absolute Gasteiger partial charge is 0.467 e. The van der Waals surface area contributed by atoms with Crippen LogP contribution in [-0.2, 0) is 92.3 Å². The number of ether oxygens (including phenoxy) is 12. The minimum absolute atomic E-state index is 0.0243. The lowest BCUT2D eigenvalue weighted by Crippen LogP contribution is -2.65. The summed E-state index contributed by atoms with van der Waals surface area (Å²) in [5.41, 5.74) is 0.937. The highest BCUT2D eigenvalue weighted by molar-refractivity contribution is 5.89. The number of hydrogen-bond donors (Lipinski definition) is 0. The van der Waals surface area contributed by atoms with Crippen molar-refractivity contribution < 1.29 is 95.2 Å². The average molecular weight is 833 g/mol. The first kappa shape index (κ1) is 45.6. The van der Waals surface area contributed by atoms with E-state index in [1.807, 2.05) is 6.07 Å². The molecule has 0 bridgehead atoms. The molecule has 2 aromatic rings. The Balaban J connectivity index is 1.68. The SMILES string of the molecule is COC(=O)C1O[C@@H](OC[C@H]2O[C@@H](Oc3ccc(C(=O)OCc4ccccc4)cc3)[C@H](OC(C)=O)[C@@H](OC(C)=O)[C@H]2OC(C)=O)[C@H](OC(C)=O)[C@@H](OC(C)=O)[C@@H]1OC(C)=O. The normalized spacial score (nSPS) is 26.2. The number of benzene rings is 2. The first-order chi connectivity index (χ1) is 28.0. The number of methoxy groups -OCH3 is 1. The summed E-state index contributed by atoms with van der Waals surface area (Å²) in [5.74, 6) is -7.12. The number of carbonyl (C=O) groups is 8. The second-order valence-corrected chi connectivity index (χ2v) is 13.0. The van der Waals surface area contributed by atoms with E-state index in [4.69, 9.17) is 56.8 Å². The third-order valence-electron chi connectivity index (χ3n) is 8.31. The van der Waals surface area contributed by atoms with Crippen molar-refractivity contribution >= 4 is 47.8 Å². The van der Waals surface area contributed by atoms with E-state index in [-0.39, 0.29) is 17.9 Å². The second-order valence-electron chi connectivity index (χ2n) is 13.0. The van der Waals surface area contributed by atoms with Crippen LogP contribution in [0.2, 0.25) is 0 Å². The van der Waals surface area contributed by atoms with Gasteiger partial charge in [0.15, 0.2) is 42.9 Å². The van der Waals surface area contributed by atoms with Gasteiger partial charge in [-0.1, -0.05) is 30.3 Å². The first-order valence-corrected chi connectivity index (χ1v) is 18.0. The third kappa shape index (κ3) is 12.9. The Morgan fingerprint density at radius 3 is 1.54 bits per heavy atom. The van der Waals surface area contributed by atoms with Crippen LogP contribution in [0.15, 0.2) is 54.6 Å². The van der Waals surface area contributed by atoms with E-state index in [1.54, 1.807) is 24.3 Å². The van der Waals surface area contributed by atoms with Crippen LogP contribution in [0.4, 0.5) is 0 Å². The van der Waals surface area contributed by atoms with Crippen molar-refractivity contribution in [2.24, 2.45) is 0 Å². The fourth-order valence-corrected chi connectivity index (χ4v) is 6.10. The molecule has 0 spiro atoms. The van der Waals surface area contributed by atoms with Gasteiger partial charge in [-0.15, -0.1) is 0 Å². The molecule has 320 valence electrons. The monoisotopic (exact) mass is 832 g/mol. The summed E-state index contributed by atoms with van der Waals surface area (Å²) < 4.78 is 66.8. The molecule has 2 aliphatic rings. The van der Waals surface area contributed by atoms with E-state index in [2.05, 4.69) is 0 Å². The molecule has 59 heavy (non-hydrogen) atoms. The summed E-state index contributed by atoms with van der Waals surface area (Å²) in [6, 6.07) is 14.6. The molecule has 0 N–H and O–H groups in total. The summed E-state index contributed by atoms with van der Waals surface area (Å²) in [7, 11) is 1.00. The Labute approximate surface area is 337 Å². The van der Waals surface area contributed by atoms with Crippen molar-refractivity contribution in [2.45, 2.75) is 110 Å². The molecule has 0 amide bonds. The van der Waals surface area contributed by atoms with Crippen LogP contribution in [0.5, 0.6) is 5.75 Å². The highest BCUT2D eigenvalue weighted by Gasteiger charge is 2.57. The molecule has 0 radical (unpaired) electrons. The molecule has 2 aromatic carbocycles. The molecule has 0 saturated carbocycles. The average Bonchev–Trinajstić information content (AvgIpc) is 3.16. The lowest BCUT2D eigenvalue weighted by atomic mass is 9.97. The number of rotatable bonds is 15. The van der Waals surface area contributed by atoms with Gasteiger partial charge in [0, 0.05) is 41.5 Å². The zero-order valence-corrected chi connectivity index (χ0v) is 33.0. The van der Waals surface area contributed by atoms with Crippen molar-refractivity contribution in [1.29, 1.82) is 0 Å². The van der Waals surface area contributed by atoms with E-state index in [0.29, 0.717) is 0 Å². The lowest BCUT2D eigenvalue weighted by molar-refractivity contribution is -0.323. The molecule has 2 fully saturated rings. The third-order valence-corrected chi connectivity index (χ3v) is 8.31. The van der Waals surface area contributed by atoms with Crippen molar-refractivity contribution in [3.05, 3.63) is 65.7 Å². The molecule has 1 unspecified atom stereocenters. The highest BCUT2D eigenvalue weighted by Crippen LogP contribution is 2.34. The maximum atomic E-state index is 12.9. The molecule has 2 heterocycles. The van der Waals surface area contributed by atoms with Crippen LogP contribution < -0.4 is 4.74 Å². The van der Waals surface area contributed by atoms with Crippen LogP contribution in [0.3, 0.4) is 0 Å². The van der Waals surface area contributed by atoms with Gasteiger partial charge in [0.1, 0.15) is 18.5 Å². The van der Waals surface area contributed by atoms with Crippen molar-refractivity contribution in [1.82, 2.24) is 0 Å². The van der Waals surface area contributed by atoms with Gasteiger partial charge in [-0.2, -0.15) is 0 Å². The number of hydrogen-bond acceptors (Lipinski definition) is 20. The molecule has 20 heteroatoms. The van der Waals surface area contributed by atoms with E-state index in [0.717, 1.165) is 54.2 Å². The molecular formula is C39H44O20. The standard InChI is InChI=1S/C39H44O20/c1-19(40)51-29-28(18-50-38-34(55-23(5)44)32(54-22(4)43)31(53-21(3)42)33(59-38)37(47)48-7)58-39(35(56-24(6)45)30(29)52-20(2)41)57-27-15-13-26(14-16-27)36(46)49-17-25-11-9-8-10-12-25/h8-16,28-35,38-39H,17-18H2,1-7H3/t28-,29+,30+,31+,32+,33?,34-,35-,38-,39-/m1/s1. The van der Waals surface area contributed by atoms with Gasteiger partial charge in [0.05, 0.1) is 19.3 Å². The highest BCUT2D eigenvalue weighted by atomic mass is 16.8. The van der Waals surface area contributed by atoms with E-state index >= 15 is 0 Å². The van der Waals surface area contributed by atoms with Gasteiger partial charge in [-0.3, -0.25) is 28.8 Å². The summed E-state index contributed by atoms with van der Waals surface area (Å²) in [6.45, 7) is 5.48. The molecule has 2 saturated heterocycles. The Bertz CT molecular complexity index is 1830.